The highest BCUT2D eigenvalue weighted by atomic mass is 35.5. The Labute approximate surface area is 194 Å². The summed E-state index contributed by atoms with van der Waals surface area (Å²) in [5.74, 6) is -0.320. The van der Waals surface area contributed by atoms with Crippen molar-refractivity contribution >= 4 is 50.1 Å². The fourth-order valence-electron chi connectivity index (χ4n) is 3.79. The van der Waals surface area contributed by atoms with Crippen LogP contribution in [0.3, 0.4) is 0 Å². The van der Waals surface area contributed by atoms with Crippen LogP contribution in [-0.4, -0.2) is 52.7 Å². The van der Waals surface area contributed by atoms with E-state index in [9.17, 15) is 9.59 Å². The molecule has 1 amide bonds. The summed E-state index contributed by atoms with van der Waals surface area (Å²) in [6.07, 6.45) is 1.77. The normalized spacial score (nSPS) is 14.0. The van der Waals surface area contributed by atoms with E-state index in [4.69, 9.17) is 11.6 Å². The van der Waals surface area contributed by atoms with Crippen LogP contribution in [0.15, 0.2) is 66.9 Å². The van der Waals surface area contributed by atoms with Crippen LogP contribution >= 0.6 is 22.9 Å². The highest BCUT2D eigenvalue weighted by Crippen LogP contribution is 2.28. The minimum atomic E-state index is -0.189. The molecular formula is C24H19ClN4O2S. The predicted molar refractivity (Wildman–Crippen MR) is 127 cm³/mol. The van der Waals surface area contributed by atoms with Crippen LogP contribution in [0, 0.1) is 0 Å². The van der Waals surface area contributed by atoms with Crippen LogP contribution in [0.5, 0.6) is 0 Å². The standard InChI is InChI=1S/C24H19ClN4O2S/c25-17-9-7-16(8-10-17)21(30)18-4-1-2-5-19(18)23(31)28-12-14-29(15-13-28)24-27-20-6-3-11-26-22(20)32-24/h1-11H,12-15H2. The van der Waals surface area contributed by atoms with E-state index < -0.39 is 0 Å². The van der Waals surface area contributed by atoms with Gasteiger partial charge in [0.05, 0.1) is 5.56 Å². The average molecular weight is 463 g/mol. The molecule has 0 unspecified atom stereocenters. The molecule has 160 valence electrons. The molecule has 32 heavy (non-hydrogen) atoms. The van der Waals surface area contributed by atoms with Crippen molar-refractivity contribution in [1.29, 1.82) is 0 Å². The summed E-state index contributed by atoms with van der Waals surface area (Å²) in [5, 5.41) is 1.48. The zero-order valence-electron chi connectivity index (χ0n) is 17.1. The monoisotopic (exact) mass is 462 g/mol. The second kappa shape index (κ2) is 8.68. The van der Waals surface area contributed by atoms with E-state index >= 15 is 0 Å². The molecule has 6 nitrogen and oxygen atoms in total. The first-order valence-corrected chi connectivity index (χ1v) is 11.4. The first-order valence-electron chi connectivity index (χ1n) is 10.3. The van der Waals surface area contributed by atoms with Crippen molar-refractivity contribution in [3.8, 4) is 0 Å². The Bertz CT molecular complexity index is 1260. The highest BCUT2D eigenvalue weighted by Gasteiger charge is 2.27. The van der Waals surface area contributed by atoms with Crippen molar-refractivity contribution in [1.82, 2.24) is 14.9 Å². The lowest BCUT2D eigenvalue weighted by Gasteiger charge is -2.34. The fraction of sp³-hybridized carbons (Fsp3) is 0.167. The molecule has 5 rings (SSSR count). The number of fused-ring (bicyclic) bond motifs is 1. The molecule has 4 aromatic rings. The molecule has 2 aromatic heterocycles. The second-order valence-electron chi connectivity index (χ2n) is 7.48. The summed E-state index contributed by atoms with van der Waals surface area (Å²) < 4.78 is 0. The average Bonchev–Trinajstić information content (AvgIpc) is 3.28. The van der Waals surface area contributed by atoms with E-state index in [0.717, 1.165) is 15.5 Å². The fourth-order valence-corrected chi connectivity index (χ4v) is 4.88. The summed E-state index contributed by atoms with van der Waals surface area (Å²) in [6, 6.07) is 17.5. The molecule has 1 fully saturated rings. The van der Waals surface area contributed by atoms with Crippen molar-refractivity contribution < 1.29 is 9.59 Å². The predicted octanol–water partition coefficient (Wildman–Crippen LogP) is 4.54. The van der Waals surface area contributed by atoms with Crippen molar-refractivity contribution in [2.24, 2.45) is 0 Å². The van der Waals surface area contributed by atoms with E-state index in [-0.39, 0.29) is 11.7 Å². The molecule has 0 saturated carbocycles. The molecule has 0 bridgehead atoms. The number of piperazine rings is 1. The summed E-state index contributed by atoms with van der Waals surface area (Å²) >= 11 is 7.50. The smallest absolute Gasteiger partial charge is 0.254 e. The van der Waals surface area contributed by atoms with Crippen molar-refractivity contribution in [3.05, 3.63) is 88.6 Å². The summed E-state index contributed by atoms with van der Waals surface area (Å²) in [4.78, 5) is 40.3. The third-order valence-corrected chi connectivity index (χ3v) is 6.79. The van der Waals surface area contributed by atoms with Gasteiger partial charge in [-0.25, -0.2) is 9.97 Å². The molecule has 0 atom stereocenters. The van der Waals surface area contributed by atoms with Crippen LogP contribution in [0.1, 0.15) is 26.3 Å². The zero-order chi connectivity index (χ0) is 22.1. The number of halogens is 1. The highest BCUT2D eigenvalue weighted by molar-refractivity contribution is 7.21. The van der Waals surface area contributed by atoms with E-state index in [2.05, 4.69) is 14.9 Å². The third-order valence-electron chi connectivity index (χ3n) is 5.50. The van der Waals surface area contributed by atoms with Gasteiger partial charge in [-0.1, -0.05) is 41.1 Å². The summed E-state index contributed by atoms with van der Waals surface area (Å²) in [6.45, 7) is 2.48. The number of ketones is 1. The van der Waals surface area contributed by atoms with E-state index in [1.54, 1.807) is 71.0 Å². The van der Waals surface area contributed by atoms with Gasteiger partial charge in [0.15, 0.2) is 10.9 Å². The minimum absolute atomic E-state index is 0.131. The van der Waals surface area contributed by atoms with Crippen molar-refractivity contribution in [2.45, 2.75) is 0 Å². The van der Waals surface area contributed by atoms with Gasteiger partial charge in [-0.05, 0) is 42.5 Å². The van der Waals surface area contributed by atoms with Crippen molar-refractivity contribution in [2.75, 3.05) is 31.1 Å². The number of benzene rings is 2. The molecular weight excluding hydrogens is 444 g/mol. The molecule has 0 spiro atoms. The second-order valence-corrected chi connectivity index (χ2v) is 8.88. The van der Waals surface area contributed by atoms with Gasteiger partial charge in [-0.15, -0.1) is 0 Å². The molecule has 0 aliphatic carbocycles. The lowest BCUT2D eigenvalue weighted by molar-refractivity contribution is 0.0742. The lowest BCUT2D eigenvalue weighted by Crippen LogP contribution is -2.49. The topological polar surface area (TPSA) is 66.4 Å². The van der Waals surface area contributed by atoms with Gasteiger partial charge >= 0.3 is 0 Å². The van der Waals surface area contributed by atoms with Crippen LogP contribution in [-0.2, 0) is 0 Å². The SMILES string of the molecule is O=C(c1ccc(Cl)cc1)c1ccccc1C(=O)N1CCN(c2nc3cccnc3s2)CC1. The Morgan fingerprint density at radius 1 is 0.875 bits per heavy atom. The number of hydrogen-bond donors (Lipinski definition) is 0. The van der Waals surface area contributed by atoms with Crippen LogP contribution < -0.4 is 4.90 Å². The number of amides is 1. The molecule has 8 heteroatoms. The number of anilines is 1. The quantitative estimate of drug-likeness (QED) is 0.416. The van der Waals surface area contributed by atoms with Gasteiger partial charge in [0.25, 0.3) is 5.91 Å². The first kappa shape index (κ1) is 20.6. The Hall–Kier alpha value is -3.29. The Balaban J connectivity index is 1.32. The maximum absolute atomic E-state index is 13.3. The molecule has 1 aliphatic rings. The van der Waals surface area contributed by atoms with Gasteiger partial charge < -0.3 is 9.80 Å². The molecule has 3 heterocycles. The number of carbonyl (C=O) groups excluding carboxylic acids is 2. The molecule has 1 aliphatic heterocycles. The number of nitrogens with zero attached hydrogens (tertiary/aromatic N) is 4. The summed E-state index contributed by atoms with van der Waals surface area (Å²) in [7, 11) is 0. The minimum Gasteiger partial charge on any atom is -0.344 e. The number of hydrogen-bond acceptors (Lipinski definition) is 6. The van der Waals surface area contributed by atoms with E-state index in [0.29, 0.717) is 47.9 Å². The number of thiazole rings is 1. The van der Waals surface area contributed by atoms with Crippen LogP contribution in [0.4, 0.5) is 5.13 Å². The Morgan fingerprint density at radius 2 is 1.59 bits per heavy atom. The number of carbonyl (C=O) groups is 2. The summed E-state index contributed by atoms with van der Waals surface area (Å²) in [5.41, 5.74) is 2.22. The van der Waals surface area contributed by atoms with Crippen LogP contribution in [0.2, 0.25) is 5.02 Å². The van der Waals surface area contributed by atoms with Crippen molar-refractivity contribution in [3.63, 3.8) is 0 Å². The maximum Gasteiger partial charge on any atom is 0.254 e. The number of rotatable bonds is 4. The largest absolute Gasteiger partial charge is 0.344 e. The molecule has 2 aromatic carbocycles. The van der Waals surface area contributed by atoms with Gasteiger partial charge in [0, 0.05) is 48.5 Å². The Morgan fingerprint density at radius 3 is 2.31 bits per heavy atom. The molecule has 1 saturated heterocycles. The Kier molecular flexibility index (Phi) is 5.59. The van der Waals surface area contributed by atoms with E-state index in [1.165, 1.54) is 0 Å². The van der Waals surface area contributed by atoms with E-state index in [1.807, 2.05) is 12.1 Å². The van der Waals surface area contributed by atoms with Gasteiger partial charge in [-0.3, -0.25) is 9.59 Å². The van der Waals surface area contributed by atoms with Crippen LogP contribution in [0.25, 0.3) is 10.3 Å². The molecule has 0 radical (unpaired) electrons. The third kappa shape index (κ3) is 3.97. The number of aromatic nitrogens is 2. The number of pyridine rings is 1. The molecule has 0 N–H and O–H groups in total. The lowest BCUT2D eigenvalue weighted by atomic mass is 9.97. The maximum atomic E-state index is 13.3. The van der Waals surface area contributed by atoms with Gasteiger partial charge in [-0.2, -0.15) is 0 Å². The van der Waals surface area contributed by atoms with Gasteiger partial charge in [0.1, 0.15) is 10.3 Å². The zero-order valence-corrected chi connectivity index (χ0v) is 18.6. The van der Waals surface area contributed by atoms with Gasteiger partial charge in [0.2, 0.25) is 0 Å². The first-order chi connectivity index (χ1) is 15.6.